The van der Waals surface area contributed by atoms with Crippen LogP contribution in [0, 0.1) is 0 Å². The first-order valence-corrected chi connectivity index (χ1v) is 7.79. The number of fused-ring (bicyclic) bond motifs is 3. The van der Waals surface area contributed by atoms with Gasteiger partial charge in [0.25, 0.3) is 0 Å². The van der Waals surface area contributed by atoms with E-state index in [1.165, 1.54) is 29.4 Å². The number of benzene rings is 2. The van der Waals surface area contributed by atoms with Gasteiger partial charge in [0.2, 0.25) is 0 Å². The Morgan fingerprint density at radius 2 is 1.65 bits per heavy atom. The molecule has 2 aromatic carbocycles. The van der Waals surface area contributed by atoms with Crippen molar-refractivity contribution in [2.75, 3.05) is 7.11 Å². The van der Waals surface area contributed by atoms with Crippen LogP contribution in [0.3, 0.4) is 0 Å². The van der Waals surface area contributed by atoms with Crippen molar-refractivity contribution in [1.29, 1.82) is 0 Å². The number of hydrogen-bond acceptors (Lipinski definition) is 3. The van der Waals surface area contributed by atoms with Crippen LogP contribution in [-0.2, 0) is 14.9 Å². The Kier molecular flexibility index (Phi) is 3.80. The molecule has 0 heterocycles. The topological polar surface area (TPSA) is 43.4 Å². The summed E-state index contributed by atoms with van der Waals surface area (Å²) in [5.41, 5.74) is 5.42. The largest absolute Gasteiger partial charge is 0.469 e. The number of ketones is 1. The Balaban J connectivity index is 1.94. The number of esters is 1. The summed E-state index contributed by atoms with van der Waals surface area (Å²) in [5, 5.41) is 0. The Hall–Kier alpha value is -2.42. The van der Waals surface area contributed by atoms with Crippen molar-refractivity contribution in [1.82, 2.24) is 0 Å². The molecule has 0 aliphatic heterocycles. The molecule has 3 heteroatoms. The molecule has 0 fully saturated rings. The minimum Gasteiger partial charge on any atom is -0.469 e. The molecule has 23 heavy (non-hydrogen) atoms. The summed E-state index contributed by atoms with van der Waals surface area (Å²) in [6.07, 6.45) is 0.300. The first kappa shape index (κ1) is 15.5. The van der Waals surface area contributed by atoms with Gasteiger partial charge in [-0.1, -0.05) is 50.2 Å². The predicted octanol–water partition coefficient (Wildman–Crippen LogP) is 4.13. The Morgan fingerprint density at radius 3 is 2.39 bits per heavy atom. The molecular weight excluding hydrogens is 288 g/mol. The number of rotatable bonds is 4. The van der Waals surface area contributed by atoms with E-state index in [-0.39, 0.29) is 30.0 Å². The molecule has 3 nitrogen and oxygen atoms in total. The van der Waals surface area contributed by atoms with E-state index >= 15 is 0 Å². The first-order chi connectivity index (χ1) is 10.9. The fraction of sp³-hybridized carbons (Fsp3) is 0.300. The summed E-state index contributed by atoms with van der Waals surface area (Å²) in [5.74, 6) is -0.378. The molecule has 0 radical (unpaired) electrons. The third kappa shape index (κ3) is 2.56. The molecule has 0 bridgehead atoms. The van der Waals surface area contributed by atoms with Crippen molar-refractivity contribution >= 4 is 11.8 Å². The van der Waals surface area contributed by atoms with Crippen LogP contribution < -0.4 is 0 Å². The summed E-state index contributed by atoms with van der Waals surface area (Å²) >= 11 is 0. The van der Waals surface area contributed by atoms with E-state index in [2.05, 4.69) is 36.8 Å². The second-order valence-corrected chi connectivity index (χ2v) is 6.43. The van der Waals surface area contributed by atoms with Gasteiger partial charge in [-0.2, -0.15) is 0 Å². The lowest BCUT2D eigenvalue weighted by atomic mass is 9.81. The molecule has 0 unspecified atom stereocenters. The van der Waals surface area contributed by atoms with Crippen LogP contribution >= 0.6 is 0 Å². The molecule has 2 aromatic rings. The molecule has 0 atom stereocenters. The van der Waals surface area contributed by atoms with E-state index < -0.39 is 0 Å². The van der Waals surface area contributed by atoms with Gasteiger partial charge in [-0.25, -0.2) is 0 Å². The Labute approximate surface area is 136 Å². The maximum Gasteiger partial charge on any atom is 0.305 e. The average Bonchev–Trinajstić information content (AvgIpc) is 2.80. The van der Waals surface area contributed by atoms with E-state index in [1.54, 1.807) is 0 Å². The molecule has 3 rings (SSSR count). The van der Waals surface area contributed by atoms with Crippen LogP contribution in [0.15, 0.2) is 42.5 Å². The van der Waals surface area contributed by atoms with E-state index in [4.69, 9.17) is 0 Å². The van der Waals surface area contributed by atoms with Crippen LogP contribution in [0.5, 0.6) is 0 Å². The quantitative estimate of drug-likeness (QED) is 0.630. The molecule has 0 amide bonds. The minimum atomic E-state index is -0.354. The van der Waals surface area contributed by atoms with Crippen LogP contribution in [0.2, 0.25) is 0 Å². The molecule has 1 aliphatic rings. The van der Waals surface area contributed by atoms with Crippen molar-refractivity contribution in [3.05, 3.63) is 59.2 Å². The average molecular weight is 308 g/mol. The van der Waals surface area contributed by atoms with Gasteiger partial charge in [0.05, 0.1) is 13.5 Å². The predicted molar refractivity (Wildman–Crippen MR) is 89.6 cm³/mol. The van der Waals surface area contributed by atoms with E-state index in [1.807, 2.05) is 24.3 Å². The van der Waals surface area contributed by atoms with Crippen LogP contribution in [-0.4, -0.2) is 18.9 Å². The van der Waals surface area contributed by atoms with E-state index in [0.717, 1.165) is 0 Å². The van der Waals surface area contributed by atoms with Gasteiger partial charge >= 0.3 is 5.97 Å². The van der Waals surface area contributed by atoms with Gasteiger partial charge in [0.1, 0.15) is 0 Å². The van der Waals surface area contributed by atoms with Crippen LogP contribution in [0.1, 0.15) is 48.2 Å². The molecular formula is C20H20O3. The molecule has 0 saturated carbocycles. The maximum atomic E-state index is 12.3. The zero-order chi connectivity index (χ0) is 16.6. The van der Waals surface area contributed by atoms with E-state index in [0.29, 0.717) is 5.56 Å². The highest BCUT2D eigenvalue weighted by Crippen LogP contribution is 2.48. The fourth-order valence-electron chi connectivity index (χ4n) is 3.34. The van der Waals surface area contributed by atoms with E-state index in [9.17, 15) is 9.59 Å². The summed E-state index contributed by atoms with van der Waals surface area (Å²) < 4.78 is 4.59. The molecule has 0 spiro atoms. The van der Waals surface area contributed by atoms with Gasteiger partial charge in [0.15, 0.2) is 5.78 Å². The highest BCUT2D eigenvalue weighted by atomic mass is 16.5. The van der Waals surface area contributed by atoms with Crippen molar-refractivity contribution in [3.8, 4) is 11.1 Å². The lowest BCUT2D eigenvalue weighted by molar-refractivity contribution is -0.140. The molecule has 0 saturated heterocycles. The smallest absolute Gasteiger partial charge is 0.305 e. The maximum absolute atomic E-state index is 12.3. The highest BCUT2D eigenvalue weighted by Gasteiger charge is 2.35. The zero-order valence-electron chi connectivity index (χ0n) is 13.7. The molecule has 118 valence electrons. The summed E-state index contributed by atoms with van der Waals surface area (Å²) in [6.45, 7) is 4.36. The van der Waals surface area contributed by atoms with Crippen molar-refractivity contribution in [2.45, 2.75) is 32.1 Å². The van der Waals surface area contributed by atoms with Gasteiger partial charge in [-0.3, -0.25) is 9.59 Å². The molecule has 0 N–H and O–H groups in total. The van der Waals surface area contributed by atoms with Crippen molar-refractivity contribution in [2.24, 2.45) is 0 Å². The van der Waals surface area contributed by atoms with Gasteiger partial charge < -0.3 is 4.74 Å². The number of Topliss-reactive ketones (excluding diaryl/α,β-unsaturated/α-hetero) is 1. The Bertz CT molecular complexity index is 787. The summed E-state index contributed by atoms with van der Waals surface area (Å²) in [6, 6.07) is 14.2. The number of ether oxygens (including phenoxy) is 1. The SMILES string of the molecule is COC(=O)CCC(=O)c1ccc2c(c1)C(C)(C)c1ccccc1-2. The van der Waals surface area contributed by atoms with Gasteiger partial charge in [0, 0.05) is 17.4 Å². The highest BCUT2D eigenvalue weighted by molar-refractivity contribution is 5.99. The summed E-state index contributed by atoms with van der Waals surface area (Å²) in [4.78, 5) is 23.6. The number of hydrogen-bond donors (Lipinski definition) is 0. The Morgan fingerprint density at radius 1 is 0.957 bits per heavy atom. The lowest BCUT2D eigenvalue weighted by Gasteiger charge is -2.21. The van der Waals surface area contributed by atoms with Crippen molar-refractivity contribution in [3.63, 3.8) is 0 Å². The van der Waals surface area contributed by atoms with Gasteiger partial charge in [-0.05, 0) is 28.3 Å². The van der Waals surface area contributed by atoms with Crippen LogP contribution in [0.25, 0.3) is 11.1 Å². The first-order valence-electron chi connectivity index (χ1n) is 7.79. The number of carbonyl (C=O) groups excluding carboxylic acids is 2. The minimum absolute atomic E-state index is 0.0232. The third-order valence-electron chi connectivity index (χ3n) is 4.69. The molecule has 0 aromatic heterocycles. The molecule has 1 aliphatic carbocycles. The normalized spacial score (nSPS) is 14.0. The lowest BCUT2D eigenvalue weighted by Crippen LogP contribution is -2.15. The number of carbonyl (C=O) groups is 2. The van der Waals surface area contributed by atoms with Crippen molar-refractivity contribution < 1.29 is 14.3 Å². The second kappa shape index (κ2) is 5.65. The van der Waals surface area contributed by atoms with Crippen LogP contribution in [0.4, 0.5) is 0 Å². The third-order valence-corrected chi connectivity index (χ3v) is 4.69. The monoisotopic (exact) mass is 308 g/mol. The number of methoxy groups -OCH3 is 1. The second-order valence-electron chi connectivity index (χ2n) is 6.43. The fourth-order valence-corrected chi connectivity index (χ4v) is 3.34. The standard InChI is InChI=1S/C20H20O3/c1-20(2)16-7-5-4-6-14(16)15-9-8-13(12-17(15)20)18(21)10-11-19(22)23-3/h4-9,12H,10-11H2,1-3H3. The van der Waals surface area contributed by atoms with Gasteiger partial charge in [-0.15, -0.1) is 0 Å². The zero-order valence-corrected chi connectivity index (χ0v) is 13.7. The summed E-state index contributed by atoms with van der Waals surface area (Å²) in [7, 11) is 1.34.